The van der Waals surface area contributed by atoms with Gasteiger partial charge in [0, 0.05) is 11.1 Å². The van der Waals surface area contributed by atoms with Crippen LogP contribution in [-0.2, 0) is 12.8 Å². The van der Waals surface area contributed by atoms with E-state index in [4.69, 9.17) is 0 Å². The monoisotopic (exact) mass is 508 g/mol. The molecule has 198 valence electrons. The first-order valence-corrected chi connectivity index (χ1v) is 13.6. The molecule has 4 rings (SSSR count). The van der Waals surface area contributed by atoms with Crippen molar-refractivity contribution in [3.8, 4) is 0 Å². The molecule has 2 amide bonds. The molecule has 0 radical (unpaired) electrons. The highest BCUT2D eigenvalue weighted by atomic mass is 16.2. The molecule has 4 aromatic carbocycles. The average molecular weight is 509 g/mol. The molecule has 4 heteroatoms. The van der Waals surface area contributed by atoms with Crippen molar-refractivity contribution >= 4 is 33.4 Å². The van der Waals surface area contributed by atoms with E-state index in [1.165, 1.54) is 0 Å². The van der Waals surface area contributed by atoms with Crippen LogP contribution in [0.3, 0.4) is 0 Å². The second-order valence-electron chi connectivity index (χ2n) is 12.3. The van der Waals surface area contributed by atoms with E-state index in [1.54, 1.807) is 0 Å². The Kier molecular flexibility index (Phi) is 7.91. The van der Waals surface area contributed by atoms with Gasteiger partial charge >= 0.3 is 0 Å². The topological polar surface area (TPSA) is 58.2 Å². The number of unbranched alkanes of at least 4 members (excludes halogenated alkanes) is 1. The van der Waals surface area contributed by atoms with Gasteiger partial charge in [-0.2, -0.15) is 0 Å². The van der Waals surface area contributed by atoms with E-state index < -0.39 is 0 Å². The first-order chi connectivity index (χ1) is 17.9. The highest BCUT2D eigenvalue weighted by molar-refractivity contribution is 6.09. The summed E-state index contributed by atoms with van der Waals surface area (Å²) in [6.07, 6.45) is 3.44. The van der Waals surface area contributed by atoms with Gasteiger partial charge in [0.1, 0.15) is 0 Å². The second-order valence-corrected chi connectivity index (χ2v) is 12.3. The van der Waals surface area contributed by atoms with Gasteiger partial charge < -0.3 is 10.6 Å². The van der Waals surface area contributed by atoms with Crippen LogP contribution in [-0.4, -0.2) is 22.9 Å². The predicted octanol–water partition coefficient (Wildman–Crippen LogP) is 7.62. The van der Waals surface area contributed by atoms with E-state index in [-0.39, 0.29) is 22.9 Å². The number of amides is 2. The summed E-state index contributed by atoms with van der Waals surface area (Å²) < 4.78 is 0. The molecular weight excluding hydrogens is 468 g/mol. The molecule has 0 heterocycles. The third kappa shape index (κ3) is 6.61. The SMILES string of the molecule is CC(C)(C)NC(=O)c1c(CCCCc2ccc3ccccc3c2C(=O)NC(C)(C)C)ccc2ccccc12. The molecule has 0 aliphatic heterocycles. The summed E-state index contributed by atoms with van der Waals surface area (Å²) in [5.74, 6) is -0.0556. The summed E-state index contributed by atoms with van der Waals surface area (Å²) in [7, 11) is 0. The second kappa shape index (κ2) is 11.0. The van der Waals surface area contributed by atoms with E-state index in [2.05, 4.69) is 47.0 Å². The fourth-order valence-electron chi connectivity index (χ4n) is 5.02. The number of nitrogens with one attached hydrogen (secondary N) is 2. The molecule has 0 saturated carbocycles. The Hall–Kier alpha value is -3.66. The Morgan fingerprint density at radius 2 is 0.921 bits per heavy atom. The van der Waals surface area contributed by atoms with Crippen molar-refractivity contribution in [2.24, 2.45) is 0 Å². The van der Waals surface area contributed by atoms with Gasteiger partial charge in [-0.25, -0.2) is 0 Å². The third-order valence-corrected chi connectivity index (χ3v) is 6.60. The lowest BCUT2D eigenvalue weighted by Crippen LogP contribution is -2.41. The van der Waals surface area contributed by atoms with Gasteiger partial charge in [-0.1, -0.05) is 72.8 Å². The van der Waals surface area contributed by atoms with Crippen LogP contribution in [0.1, 0.15) is 86.2 Å². The molecule has 0 saturated heterocycles. The quantitative estimate of drug-likeness (QED) is 0.252. The van der Waals surface area contributed by atoms with Crippen LogP contribution in [0.25, 0.3) is 21.5 Å². The molecule has 4 aromatic rings. The Bertz CT molecular complexity index is 1360. The van der Waals surface area contributed by atoms with Crippen molar-refractivity contribution in [1.82, 2.24) is 10.6 Å². The lowest BCUT2D eigenvalue weighted by molar-refractivity contribution is 0.0910. The first-order valence-electron chi connectivity index (χ1n) is 13.6. The molecule has 0 fully saturated rings. The third-order valence-electron chi connectivity index (χ3n) is 6.60. The predicted molar refractivity (Wildman–Crippen MR) is 159 cm³/mol. The summed E-state index contributed by atoms with van der Waals surface area (Å²) in [4.78, 5) is 26.7. The molecular formula is C34H40N2O2. The first kappa shape index (κ1) is 27.4. The summed E-state index contributed by atoms with van der Waals surface area (Å²) in [5.41, 5.74) is 3.05. The normalized spacial score (nSPS) is 12.1. The molecule has 38 heavy (non-hydrogen) atoms. The number of hydrogen-bond donors (Lipinski definition) is 2. The highest BCUT2D eigenvalue weighted by Gasteiger charge is 2.22. The molecule has 0 aliphatic carbocycles. The number of carbonyl (C=O) groups is 2. The Morgan fingerprint density at radius 3 is 1.29 bits per heavy atom. The summed E-state index contributed by atoms with van der Waals surface area (Å²) in [6, 6.07) is 24.6. The van der Waals surface area contributed by atoms with Crippen LogP contribution in [0, 0.1) is 0 Å². The van der Waals surface area contributed by atoms with Crippen molar-refractivity contribution in [3.63, 3.8) is 0 Å². The molecule has 0 aliphatic rings. The molecule has 0 unspecified atom stereocenters. The maximum Gasteiger partial charge on any atom is 0.252 e. The van der Waals surface area contributed by atoms with Gasteiger partial charge in [0.15, 0.2) is 0 Å². The van der Waals surface area contributed by atoms with E-state index in [9.17, 15) is 9.59 Å². The van der Waals surface area contributed by atoms with Crippen molar-refractivity contribution in [2.45, 2.75) is 78.3 Å². The minimum Gasteiger partial charge on any atom is -0.347 e. The molecule has 0 aromatic heterocycles. The molecule has 0 bridgehead atoms. The van der Waals surface area contributed by atoms with Gasteiger partial charge in [-0.15, -0.1) is 0 Å². The fraction of sp³-hybridized carbons (Fsp3) is 0.353. The minimum atomic E-state index is -0.314. The lowest BCUT2D eigenvalue weighted by Gasteiger charge is -2.23. The van der Waals surface area contributed by atoms with Gasteiger partial charge in [0.2, 0.25) is 0 Å². The van der Waals surface area contributed by atoms with E-state index in [0.717, 1.165) is 69.5 Å². The Labute approximate surface area is 226 Å². The molecule has 2 N–H and O–H groups in total. The largest absolute Gasteiger partial charge is 0.347 e. The summed E-state index contributed by atoms with van der Waals surface area (Å²) in [5, 5.41) is 10.4. The van der Waals surface area contributed by atoms with Gasteiger partial charge in [-0.05, 0) is 99.9 Å². The fourth-order valence-corrected chi connectivity index (χ4v) is 5.02. The van der Waals surface area contributed by atoms with Crippen molar-refractivity contribution in [1.29, 1.82) is 0 Å². The summed E-state index contributed by atoms with van der Waals surface area (Å²) in [6.45, 7) is 12.0. The van der Waals surface area contributed by atoms with E-state index in [1.807, 2.05) is 77.9 Å². The number of fused-ring (bicyclic) bond motifs is 2. The van der Waals surface area contributed by atoms with Crippen molar-refractivity contribution in [2.75, 3.05) is 0 Å². The van der Waals surface area contributed by atoms with Gasteiger partial charge in [-0.3, -0.25) is 9.59 Å². The van der Waals surface area contributed by atoms with Crippen molar-refractivity contribution in [3.05, 3.63) is 95.1 Å². The standard InChI is InChI=1S/C34H40N2O2/c1-33(2,3)35-31(37)29-25(21-19-23-13-9-11-17-27(23)29)15-7-8-16-26-22-20-24-14-10-12-18-28(24)30(26)32(38)36-34(4,5)6/h9-14,17-22H,7-8,15-16H2,1-6H3,(H,35,37)(H,36,38). The van der Waals surface area contributed by atoms with Crippen LogP contribution in [0.4, 0.5) is 0 Å². The van der Waals surface area contributed by atoms with Crippen LogP contribution in [0.2, 0.25) is 0 Å². The van der Waals surface area contributed by atoms with Crippen LogP contribution >= 0.6 is 0 Å². The van der Waals surface area contributed by atoms with E-state index >= 15 is 0 Å². The minimum absolute atomic E-state index is 0.0278. The molecule has 4 nitrogen and oxygen atoms in total. The molecule has 0 spiro atoms. The zero-order chi connectivity index (χ0) is 27.5. The average Bonchev–Trinajstić information content (AvgIpc) is 2.83. The smallest absolute Gasteiger partial charge is 0.252 e. The van der Waals surface area contributed by atoms with Gasteiger partial charge in [0.05, 0.1) is 11.1 Å². The van der Waals surface area contributed by atoms with E-state index in [0.29, 0.717) is 0 Å². The maximum absolute atomic E-state index is 13.4. The number of carbonyl (C=O) groups excluding carboxylic acids is 2. The Morgan fingerprint density at radius 1 is 0.553 bits per heavy atom. The summed E-state index contributed by atoms with van der Waals surface area (Å²) >= 11 is 0. The number of benzene rings is 4. The highest BCUT2D eigenvalue weighted by Crippen LogP contribution is 2.27. The van der Waals surface area contributed by atoms with Crippen LogP contribution < -0.4 is 10.6 Å². The maximum atomic E-state index is 13.4. The lowest BCUT2D eigenvalue weighted by atomic mass is 9.92. The van der Waals surface area contributed by atoms with Crippen LogP contribution in [0.15, 0.2) is 72.8 Å². The molecule has 0 atom stereocenters. The zero-order valence-corrected chi connectivity index (χ0v) is 23.6. The zero-order valence-electron chi connectivity index (χ0n) is 23.6. The van der Waals surface area contributed by atoms with Crippen LogP contribution in [0.5, 0.6) is 0 Å². The van der Waals surface area contributed by atoms with Gasteiger partial charge in [0.25, 0.3) is 11.8 Å². The van der Waals surface area contributed by atoms with Crippen molar-refractivity contribution < 1.29 is 9.59 Å². The Balaban J connectivity index is 1.56. The number of aryl methyl sites for hydroxylation is 2. The number of hydrogen-bond acceptors (Lipinski definition) is 2. The number of rotatable bonds is 7.